The highest BCUT2D eigenvalue weighted by atomic mass is 35.5. The number of hydrogen-bond donors (Lipinski definition) is 1. The van der Waals surface area contributed by atoms with Crippen LogP contribution in [0, 0.1) is 0 Å². The second-order valence-electron chi connectivity index (χ2n) is 5.48. The zero-order valence-electron chi connectivity index (χ0n) is 12.0. The van der Waals surface area contributed by atoms with Crippen LogP contribution in [0.5, 0.6) is 0 Å². The number of piperidine rings is 1. The zero-order chi connectivity index (χ0) is 13.9. The fourth-order valence-electron chi connectivity index (χ4n) is 2.82. The number of hydrogen-bond acceptors (Lipinski definition) is 4. The first-order valence-corrected chi connectivity index (χ1v) is 8.23. The molecule has 1 amide bonds. The molecule has 0 spiro atoms. The Hall–Kier alpha value is -0.750. The minimum Gasteiger partial charge on any atom is -0.328 e. The first-order valence-electron chi connectivity index (χ1n) is 7.24. The van der Waals surface area contributed by atoms with Crippen LogP contribution in [0.2, 0.25) is 0 Å². The molecule has 2 N–H and O–H groups in total. The van der Waals surface area contributed by atoms with Gasteiger partial charge in [-0.25, -0.2) is 0 Å². The third-order valence-corrected chi connectivity index (χ3v) is 5.06. The fourth-order valence-corrected chi connectivity index (χ4v) is 3.81. The van der Waals surface area contributed by atoms with Gasteiger partial charge in [-0.05, 0) is 25.0 Å². The number of amides is 1. The van der Waals surface area contributed by atoms with Gasteiger partial charge in [0, 0.05) is 36.3 Å². The second-order valence-corrected chi connectivity index (χ2v) is 6.61. The van der Waals surface area contributed by atoms with Gasteiger partial charge < -0.3 is 10.6 Å². The third kappa shape index (κ3) is 3.92. The van der Waals surface area contributed by atoms with Crippen molar-refractivity contribution in [2.24, 2.45) is 5.73 Å². The Morgan fingerprint density at radius 2 is 1.95 bits per heavy atom. The number of halogens is 1. The van der Waals surface area contributed by atoms with Gasteiger partial charge in [-0.15, -0.1) is 24.2 Å². The summed E-state index contributed by atoms with van der Waals surface area (Å²) in [4.78, 5) is 17.9. The number of para-hydroxylation sites is 1. The zero-order valence-corrected chi connectivity index (χ0v) is 13.7. The molecule has 3 rings (SSSR count). The lowest BCUT2D eigenvalue weighted by molar-refractivity contribution is -0.120. The molecule has 0 aliphatic carbocycles. The lowest BCUT2D eigenvalue weighted by atomic mass is 10.1. The molecule has 0 saturated carbocycles. The molecular formula is C15H22ClN3OS. The van der Waals surface area contributed by atoms with E-state index in [1.165, 1.54) is 4.90 Å². The van der Waals surface area contributed by atoms with E-state index in [4.69, 9.17) is 5.73 Å². The van der Waals surface area contributed by atoms with Gasteiger partial charge in [0.25, 0.3) is 0 Å². The number of anilines is 1. The topological polar surface area (TPSA) is 49.6 Å². The van der Waals surface area contributed by atoms with Crippen molar-refractivity contribution in [1.29, 1.82) is 0 Å². The lowest BCUT2D eigenvalue weighted by Crippen LogP contribution is -2.47. The first-order chi connectivity index (χ1) is 9.74. The van der Waals surface area contributed by atoms with Crippen molar-refractivity contribution >= 4 is 35.8 Å². The predicted octanol–water partition coefficient (Wildman–Crippen LogP) is 1.97. The molecule has 0 radical (unpaired) electrons. The number of carbonyl (C=O) groups excluding carboxylic acids is 1. The van der Waals surface area contributed by atoms with Crippen molar-refractivity contribution in [1.82, 2.24) is 4.90 Å². The van der Waals surface area contributed by atoms with E-state index in [-0.39, 0.29) is 18.3 Å². The van der Waals surface area contributed by atoms with E-state index >= 15 is 0 Å². The number of carbonyl (C=O) groups is 1. The molecule has 2 aliphatic heterocycles. The van der Waals surface area contributed by atoms with Crippen LogP contribution in [0.4, 0.5) is 5.69 Å². The summed E-state index contributed by atoms with van der Waals surface area (Å²) in [6.45, 7) is 3.22. The largest absolute Gasteiger partial charge is 0.328 e. The van der Waals surface area contributed by atoms with Gasteiger partial charge in [-0.1, -0.05) is 12.1 Å². The van der Waals surface area contributed by atoms with Crippen LogP contribution in [0.1, 0.15) is 12.8 Å². The minimum atomic E-state index is 0. The van der Waals surface area contributed by atoms with Crippen LogP contribution in [-0.4, -0.2) is 48.8 Å². The van der Waals surface area contributed by atoms with Gasteiger partial charge in [0.15, 0.2) is 0 Å². The minimum absolute atomic E-state index is 0. The predicted molar refractivity (Wildman–Crippen MR) is 90.4 cm³/mol. The third-order valence-electron chi connectivity index (χ3n) is 4.02. The molecule has 1 aromatic carbocycles. The molecular weight excluding hydrogens is 306 g/mol. The maximum Gasteiger partial charge on any atom is 0.241 e. The SMILES string of the molecule is Cl.NC1CCN(CC(=O)N2CCSc3ccccc32)CC1. The molecule has 21 heavy (non-hydrogen) atoms. The summed E-state index contributed by atoms with van der Waals surface area (Å²) in [5.74, 6) is 1.20. The summed E-state index contributed by atoms with van der Waals surface area (Å²) < 4.78 is 0. The molecule has 116 valence electrons. The Morgan fingerprint density at radius 3 is 2.71 bits per heavy atom. The van der Waals surface area contributed by atoms with Crippen molar-refractivity contribution in [3.63, 3.8) is 0 Å². The summed E-state index contributed by atoms with van der Waals surface area (Å²) in [5.41, 5.74) is 6.98. The fraction of sp³-hybridized carbons (Fsp3) is 0.533. The monoisotopic (exact) mass is 327 g/mol. The molecule has 0 aromatic heterocycles. The lowest BCUT2D eigenvalue weighted by Gasteiger charge is -2.33. The van der Waals surface area contributed by atoms with Gasteiger partial charge in [-0.3, -0.25) is 9.69 Å². The average Bonchev–Trinajstić information content (AvgIpc) is 2.49. The first kappa shape index (κ1) is 16.6. The molecule has 2 aliphatic rings. The Labute approximate surface area is 136 Å². The van der Waals surface area contributed by atoms with Crippen LogP contribution >= 0.6 is 24.2 Å². The summed E-state index contributed by atoms with van der Waals surface area (Å²) in [6.07, 6.45) is 2.00. The van der Waals surface area contributed by atoms with Crippen molar-refractivity contribution in [2.45, 2.75) is 23.8 Å². The van der Waals surface area contributed by atoms with E-state index in [9.17, 15) is 4.79 Å². The molecule has 1 aromatic rings. The van der Waals surface area contributed by atoms with Gasteiger partial charge >= 0.3 is 0 Å². The van der Waals surface area contributed by atoms with Gasteiger partial charge in [0.2, 0.25) is 5.91 Å². The molecule has 0 unspecified atom stereocenters. The van der Waals surface area contributed by atoms with E-state index in [1.54, 1.807) is 0 Å². The number of likely N-dealkylation sites (tertiary alicyclic amines) is 1. The van der Waals surface area contributed by atoms with E-state index in [1.807, 2.05) is 34.9 Å². The quantitative estimate of drug-likeness (QED) is 0.902. The molecule has 0 atom stereocenters. The van der Waals surface area contributed by atoms with Crippen LogP contribution in [0.3, 0.4) is 0 Å². The summed E-state index contributed by atoms with van der Waals surface area (Å²) in [7, 11) is 0. The molecule has 4 nitrogen and oxygen atoms in total. The Morgan fingerprint density at radius 1 is 1.24 bits per heavy atom. The van der Waals surface area contributed by atoms with Crippen LogP contribution in [0.15, 0.2) is 29.2 Å². The van der Waals surface area contributed by atoms with Crippen LogP contribution in [-0.2, 0) is 4.79 Å². The second kappa shape index (κ2) is 7.49. The molecule has 2 heterocycles. The number of fused-ring (bicyclic) bond motifs is 1. The van der Waals surface area contributed by atoms with E-state index < -0.39 is 0 Å². The van der Waals surface area contributed by atoms with Crippen molar-refractivity contribution < 1.29 is 4.79 Å². The molecule has 1 saturated heterocycles. The number of rotatable bonds is 2. The van der Waals surface area contributed by atoms with E-state index in [0.717, 1.165) is 43.9 Å². The number of benzene rings is 1. The average molecular weight is 328 g/mol. The summed E-state index contributed by atoms with van der Waals surface area (Å²) in [6, 6.07) is 8.50. The highest BCUT2D eigenvalue weighted by Gasteiger charge is 2.25. The summed E-state index contributed by atoms with van der Waals surface area (Å²) >= 11 is 1.83. The Balaban J connectivity index is 0.00000161. The van der Waals surface area contributed by atoms with Crippen LogP contribution < -0.4 is 10.6 Å². The Kier molecular flexibility index (Phi) is 5.93. The molecule has 0 bridgehead atoms. The maximum atomic E-state index is 12.6. The number of nitrogens with zero attached hydrogens (tertiary/aromatic N) is 2. The molecule has 6 heteroatoms. The highest BCUT2D eigenvalue weighted by Crippen LogP contribution is 2.34. The molecule has 1 fully saturated rings. The van der Waals surface area contributed by atoms with Crippen LogP contribution in [0.25, 0.3) is 0 Å². The van der Waals surface area contributed by atoms with Gasteiger partial charge in [0.1, 0.15) is 0 Å². The van der Waals surface area contributed by atoms with Crippen molar-refractivity contribution in [3.05, 3.63) is 24.3 Å². The number of thioether (sulfide) groups is 1. The van der Waals surface area contributed by atoms with Gasteiger partial charge in [0.05, 0.1) is 12.2 Å². The Bertz CT molecular complexity index is 492. The highest BCUT2D eigenvalue weighted by molar-refractivity contribution is 7.99. The van der Waals surface area contributed by atoms with E-state index in [0.29, 0.717) is 12.6 Å². The number of nitrogens with two attached hydrogens (primary N) is 1. The van der Waals surface area contributed by atoms with Crippen molar-refractivity contribution in [2.75, 3.05) is 36.8 Å². The smallest absolute Gasteiger partial charge is 0.241 e. The van der Waals surface area contributed by atoms with Gasteiger partial charge in [-0.2, -0.15) is 0 Å². The normalized spacial score (nSPS) is 19.8. The maximum absolute atomic E-state index is 12.6. The van der Waals surface area contributed by atoms with Crippen molar-refractivity contribution in [3.8, 4) is 0 Å². The standard InChI is InChI=1S/C15H21N3OS.ClH/c16-12-5-7-17(8-6-12)11-15(19)18-9-10-20-14-4-2-1-3-13(14)18;/h1-4,12H,5-11,16H2;1H. The van der Waals surface area contributed by atoms with E-state index in [2.05, 4.69) is 11.0 Å². The summed E-state index contributed by atoms with van der Waals surface area (Å²) in [5, 5.41) is 0.